The molecule has 0 amide bonds. The van der Waals surface area contributed by atoms with Gasteiger partial charge in [0.15, 0.2) is 5.82 Å². The average molecular weight is 355 g/mol. The van der Waals surface area contributed by atoms with Crippen molar-refractivity contribution in [2.45, 2.75) is 25.3 Å². The van der Waals surface area contributed by atoms with Crippen molar-refractivity contribution >= 4 is 17.5 Å². The molecule has 1 N–H and O–H groups in total. The molecule has 0 aromatic carbocycles. The van der Waals surface area contributed by atoms with Crippen LogP contribution in [-0.4, -0.2) is 70.6 Å². The molecule has 138 valence electrons. The predicted molar refractivity (Wildman–Crippen MR) is 101 cm³/mol. The molecule has 2 saturated heterocycles. The normalized spacial score (nSPS) is 21.1. The summed E-state index contributed by atoms with van der Waals surface area (Å²) >= 11 is 0. The number of anilines is 3. The van der Waals surface area contributed by atoms with Gasteiger partial charge in [-0.3, -0.25) is 0 Å². The topological polar surface area (TPSA) is 81.5 Å². The summed E-state index contributed by atoms with van der Waals surface area (Å²) in [5.74, 6) is 2.80. The number of piperazine rings is 1. The lowest BCUT2D eigenvalue weighted by Gasteiger charge is -2.37. The number of rotatable bonds is 4. The zero-order valence-corrected chi connectivity index (χ0v) is 14.9. The van der Waals surface area contributed by atoms with Crippen molar-refractivity contribution < 1.29 is 5.11 Å². The summed E-state index contributed by atoms with van der Waals surface area (Å²) in [5, 5.41) is 17.8. The third-order valence-corrected chi connectivity index (χ3v) is 5.26. The number of nitrogens with zero attached hydrogens (tertiary/aromatic N) is 7. The Morgan fingerprint density at radius 3 is 2.46 bits per heavy atom. The largest absolute Gasteiger partial charge is 0.394 e. The van der Waals surface area contributed by atoms with E-state index < -0.39 is 0 Å². The van der Waals surface area contributed by atoms with Crippen LogP contribution in [0, 0.1) is 0 Å². The van der Waals surface area contributed by atoms with Gasteiger partial charge in [-0.25, -0.2) is 9.97 Å². The summed E-state index contributed by atoms with van der Waals surface area (Å²) < 4.78 is 0. The van der Waals surface area contributed by atoms with E-state index in [0.29, 0.717) is 0 Å². The molecule has 2 aromatic rings. The second kappa shape index (κ2) is 7.82. The molecule has 0 aliphatic carbocycles. The van der Waals surface area contributed by atoms with Crippen molar-refractivity contribution in [1.82, 2.24) is 20.2 Å². The zero-order valence-electron chi connectivity index (χ0n) is 14.9. The Morgan fingerprint density at radius 2 is 1.73 bits per heavy atom. The Hall–Kier alpha value is -2.48. The minimum atomic E-state index is 0.167. The highest BCUT2D eigenvalue weighted by Gasteiger charge is 2.25. The summed E-state index contributed by atoms with van der Waals surface area (Å²) in [4.78, 5) is 15.7. The summed E-state index contributed by atoms with van der Waals surface area (Å²) in [7, 11) is 0. The van der Waals surface area contributed by atoms with Gasteiger partial charge in [-0.1, -0.05) is 0 Å². The van der Waals surface area contributed by atoms with Gasteiger partial charge in [-0.05, 0) is 31.4 Å². The van der Waals surface area contributed by atoms with Gasteiger partial charge in [-0.2, -0.15) is 5.10 Å². The van der Waals surface area contributed by atoms with E-state index >= 15 is 0 Å². The maximum absolute atomic E-state index is 9.67. The predicted octanol–water partition coefficient (Wildman–Crippen LogP) is 0.944. The van der Waals surface area contributed by atoms with E-state index in [4.69, 9.17) is 0 Å². The van der Waals surface area contributed by atoms with Crippen LogP contribution in [0.1, 0.15) is 19.3 Å². The SMILES string of the molecule is OCC1CCCCN1c1cc(N2CCN(c3cccnn3)CC2)ncn1. The van der Waals surface area contributed by atoms with Crippen molar-refractivity contribution in [2.24, 2.45) is 0 Å². The first-order valence-corrected chi connectivity index (χ1v) is 9.32. The molecule has 4 heterocycles. The van der Waals surface area contributed by atoms with E-state index in [0.717, 1.165) is 63.0 Å². The average Bonchev–Trinajstić information content (AvgIpc) is 2.74. The van der Waals surface area contributed by atoms with Crippen molar-refractivity contribution in [1.29, 1.82) is 0 Å². The Kier molecular flexibility index (Phi) is 5.10. The molecule has 2 aliphatic rings. The standard InChI is InChI=1S/C18H25N7O/c26-13-15-4-1-2-7-25(15)18-12-17(19-14-20-18)24-10-8-23(9-11-24)16-5-3-6-21-22-16/h3,5-6,12,14-15,26H,1-2,4,7-11,13H2. The number of hydrogen-bond acceptors (Lipinski definition) is 8. The lowest BCUT2D eigenvalue weighted by atomic mass is 10.0. The fourth-order valence-electron chi connectivity index (χ4n) is 3.79. The van der Waals surface area contributed by atoms with E-state index in [9.17, 15) is 5.11 Å². The maximum Gasteiger partial charge on any atom is 0.151 e. The molecule has 0 spiro atoms. The quantitative estimate of drug-likeness (QED) is 0.868. The number of hydrogen-bond donors (Lipinski definition) is 1. The van der Waals surface area contributed by atoms with Gasteiger partial charge >= 0.3 is 0 Å². The minimum Gasteiger partial charge on any atom is -0.394 e. The van der Waals surface area contributed by atoms with Gasteiger partial charge in [0.1, 0.15) is 18.0 Å². The lowest BCUT2D eigenvalue weighted by Crippen LogP contribution is -2.47. The summed E-state index contributed by atoms with van der Waals surface area (Å²) in [6, 6.07) is 6.14. The first-order chi connectivity index (χ1) is 12.8. The highest BCUT2D eigenvalue weighted by molar-refractivity contribution is 5.52. The molecule has 8 heteroatoms. The van der Waals surface area contributed by atoms with Gasteiger partial charge in [0.05, 0.1) is 12.6 Å². The molecule has 1 unspecified atom stereocenters. The van der Waals surface area contributed by atoms with Gasteiger partial charge in [0.2, 0.25) is 0 Å². The summed E-state index contributed by atoms with van der Waals surface area (Å²) in [6.07, 6.45) is 6.68. The van der Waals surface area contributed by atoms with Gasteiger partial charge in [-0.15, -0.1) is 5.10 Å². The molecule has 1 atom stereocenters. The Labute approximate surface area is 153 Å². The first kappa shape index (κ1) is 17.0. The molecule has 2 fully saturated rings. The smallest absolute Gasteiger partial charge is 0.151 e. The second-order valence-electron chi connectivity index (χ2n) is 6.82. The molecule has 8 nitrogen and oxygen atoms in total. The number of aromatic nitrogens is 4. The van der Waals surface area contributed by atoms with Gasteiger partial charge in [0.25, 0.3) is 0 Å². The van der Waals surface area contributed by atoms with Crippen LogP contribution in [0.5, 0.6) is 0 Å². The number of aliphatic hydroxyl groups is 1. The van der Waals surface area contributed by atoms with Gasteiger partial charge in [0, 0.05) is 45.0 Å². The second-order valence-corrected chi connectivity index (χ2v) is 6.82. The fourth-order valence-corrected chi connectivity index (χ4v) is 3.79. The maximum atomic E-state index is 9.67. The molecule has 26 heavy (non-hydrogen) atoms. The Balaban J connectivity index is 1.44. The molecule has 0 saturated carbocycles. The zero-order chi connectivity index (χ0) is 17.8. The molecule has 2 aromatic heterocycles. The van der Waals surface area contributed by atoms with Crippen molar-refractivity contribution in [2.75, 3.05) is 54.0 Å². The van der Waals surface area contributed by atoms with Crippen LogP contribution in [0.15, 0.2) is 30.7 Å². The van der Waals surface area contributed by atoms with Crippen LogP contribution in [0.3, 0.4) is 0 Å². The Morgan fingerprint density at radius 1 is 0.962 bits per heavy atom. The van der Waals surface area contributed by atoms with Gasteiger partial charge < -0.3 is 19.8 Å². The number of piperidine rings is 1. The highest BCUT2D eigenvalue weighted by Crippen LogP contribution is 2.26. The van der Waals surface area contributed by atoms with Crippen LogP contribution in [-0.2, 0) is 0 Å². The summed E-state index contributed by atoms with van der Waals surface area (Å²) in [6.45, 7) is 4.67. The van der Waals surface area contributed by atoms with E-state index in [1.807, 2.05) is 12.1 Å². The molecular formula is C18H25N7O. The first-order valence-electron chi connectivity index (χ1n) is 9.32. The third-order valence-electron chi connectivity index (χ3n) is 5.26. The monoisotopic (exact) mass is 355 g/mol. The Bertz CT molecular complexity index is 706. The van der Waals surface area contributed by atoms with Crippen LogP contribution in [0.4, 0.5) is 17.5 Å². The molecule has 0 bridgehead atoms. The third kappa shape index (κ3) is 3.55. The van der Waals surface area contributed by atoms with Crippen LogP contribution >= 0.6 is 0 Å². The van der Waals surface area contributed by atoms with Crippen molar-refractivity contribution in [3.05, 3.63) is 30.7 Å². The van der Waals surface area contributed by atoms with Crippen LogP contribution in [0.2, 0.25) is 0 Å². The lowest BCUT2D eigenvalue weighted by molar-refractivity contribution is 0.239. The summed E-state index contributed by atoms with van der Waals surface area (Å²) in [5.41, 5.74) is 0. The molecule has 2 aliphatic heterocycles. The van der Waals surface area contributed by atoms with E-state index in [1.54, 1.807) is 12.5 Å². The van der Waals surface area contributed by atoms with E-state index in [1.165, 1.54) is 6.42 Å². The number of aliphatic hydroxyl groups excluding tert-OH is 1. The molecule has 0 radical (unpaired) electrons. The highest BCUT2D eigenvalue weighted by atomic mass is 16.3. The van der Waals surface area contributed by atoms with Crippen molar-refractivity contribution in [3.8, 4) is 0 Å². The van der Waals surface area contributed by atoms with Crippen LogP contribution in [0.25, 0.3) is 0 Å². The molecular weight excluding hydrogens is 330 g/mol. The molecule has 4 rings (SSSR count). The van der Waals surface area contributed by atoms with Crippen molar-refractivity contribution in [3.63, 3.8) is 0 Å². The minimum absolute atomic E-state index is 0.167. The van der Waals surface area contributed by atoms with Crippen LogP contribution < -0.4 is 14.7 Å². The van der Waals surface area contributed by atoms with E-state index in [-0.39, 0.29) is 12.6 Å². The van der Waals surface area contributed by atoms with E-state index in [2.05, 4.69) is 40.9 Å². The fraction of sp³-hybridized carbons (Fsp3) is 0.556.